The molecule has 3 heterocycles. The molecule has 9 aromatic rings. The molecule has 5 heteroatoms. The van der Waals surface area contributed by atoms with E-state index in [9.17, 15) is 0 Å². The Bertz CT molecular complexity index is 2680. The molecule has 0 amide bonds. The minimum Gasteiger partial charge on any atom is -0.307 e. The van der Waals surface area contributed by atoms with Gasteiger partial charge in [0.1, 0.15) is 0 Å². The quantitative estimate of drug-likeness (QED) is 0.193. The molecule has 3 nitrogen and oxygen atoms in total. The highest BCUT2D eigenvalue weighted by atomic mass is 32.2. The lowest BCUT2D eigenvalue weighted by atomic mass is 10.1. The van der Waals surface area contributed by atoms with Gasteiger partial charge in [-0.1, -0.05) is 127 Å². The van der Waals surface area contributed by atoms with Crippen LogP contribution in [0.3, 0.4) is 0 Å². The maximum Gasteiger partial charge on any atom is 0.160 e. The topological polar surface area (TPSA) is 30.7 Å². The first-order valence-electron chi connectivity index (χ1n) is 15.7. The smallest absolute Gasteiger partial charge is 0.160 e. The molecule has 7 aromatic carbocycles. The van der Waals surface area contributed by atoms with Gasteiger partial charge in [-0.25, -0.2) is 9.97 Å². The highest BCUT2D eigenvalue weighted by Crippen LogP contribution is 2.53. The Kier molecular flexibility index (Phi) is 6.04. The van der Waals surface area contributed by atoms with Gasteiger partial charge in [-0.2, -0.15) is 0 Å². The average Bonchev–Trinajstić information content (AvgIpc) is 3.49. The van der Waals surface area contributed by atoms with E-state index in [1.54, 1.807) is 0 Å². The number of aromatic nitrogens is 3. The van der Waals surface area contributed by atoms with E-state index in [-0.39, 0.29) is 0 Å². The van der Waals surface area contributed by atoms with Crippen molar-refractivity contribution in [3.63, 3.8) is 0 Å². The zero-order valence-electron chi connectivity index (χ0n) is 25.1. The SMILES string of the molecule is c1ccc(-c2nc(-c3ccc(-n4c5c6c(ccc5c5ccc7ccccc7c54)Sc4ccccc4S6)cc3)nc3ccccc23)cc1. The molecular weight excluding hydrogens is 611 g/mol. The summed E-state index contributed by atoms with van der Waals surface area (Å²) in [5.41, 5.74) is 7.57. The van der Waals surface area contributed by atoms with Gasteiger partial charge >= 0.3 is 0 Å². The number of hydrogen-bond donors (Lipinski definition) is 0. The van der Waals surface area contributed by atoms with Crippen molar-refractivity contribution in [1.82, 2.24) is 14.5 Å². The van der Waals surface area contributed by atoms with Crippen molar-refractivity contribution in [3.8, 4) is 28.3 Å². The Morgan fingerprint density at radius 2 is 1.11 bits per heavy atom. The van der Waals surface area contributed by atoms with E-state index in [1.165, 1.54) is 52.2 Å². The van der Waals surface area contributed by atoms with Crippen molar-refractivity contribution in [1.29, 1.82) is 0 Å². The van der Waals surface area contributed by atoms with Crippen LogP contribution in [-0.2, 0) is 0 Å². The summed E-state index contributed by atoms with van der Waals surface area (Å²) in [6.07, 6.45) is 0. The van der Waals surface area contributed by atoms with E-state index in [2.05, 4.69) is 144 Å². The summed E-state index contributed by atoms with van der Waals surface area (Å²) in [4.78, 5) is 15.4. The van der Waals surface area contributed by atoms with Gasteiger partial charge in [0.15, 0.2) is 5.82 Å². The number of nitrogens with zero attached hydrogens (tertiary/aromatic N) is 3. The number of rotatable bonds is 3. The van der Waals surface area contributed by atoms with Crippen LogP contribution < -0.4 is 0 Å². The molecular formula is C42H25N3S2. The van der Waals surface area contributed by atoms with Gasteiger partial charge < -0.3 is 4.57 Å². The molecule has 0 saturated carbocycles. The third-order valence-electron chi connectivity index (χ3n) is 9.05. The fourth-order valence-corrected chi connectivity index (χ4v) is 9.26. The molecule has 0 saturated heterocycles. The first-order chi connectivity index (χ1) is 23.3. The molecule has 0 spiro atoms. The molecule has 47 heavy (non-hydrogen) atoms. The van der Waals surface area contributed by atoms with E-state index >= 15 is 0 Å². The fraction of sp³-hybridized carbons (Fsp3) is 0. The van der Waals surface area contributed by atoms with Crippen LogP contribution in [0.15, 0.2) is 171 Å². The summed E-state index contributed by atoms with van der Waals surface area (Å²) in [6, 6.07) is 54.0. The molecule has 0 aliphatic carbocycles. The molecule has 1 aliphatic rings. The summed E-state index contributed by atoms with van der Waals surface area (Å²) < 4.78 is 2.48. The van der Waals surface area contributed by atoms with E-state index < -0.39 is 0 Å². The molecule has 0 fully saturated rings. The van der Waals surface area contributed by atoms with Gasteiger partial charge in [-0.05, 0) is 53.9 Å². The van der Waals surface area contributed by atoms with Crippen LogP contribution in [0.4, 0.5) is 0 Å². The number of para-hydroxylation sites is 1. The summed E-state index contributed by atoms with van der Waals surface area (Å²) in [6.45, 7) is 0. The monoisotopic (exact) mass is 635 g/mol. The zero-order chi connectivity index (χ0) is 30.9. The van der Waals surface area contributed by atoms with Crippen LogP contribution in [0.2, 0.25) is 0 Å². The minimum atomic E-state index is 0.725. The average molecular weight is 636 g/mol. The van der Waals surface area contributed by atoms with E-state index in [0.29, 0.717) is 0 Å². The highest BCUT2D eigenvalue weighted by molar-refractivity contribution is 8.05. The predicted octanol–water partition coefficient (Wildman–Crippen LogP) is 11.8. The van der Waals surface area contributed by atoms with Crippen LogP contribution in [-0.4, -0.2) is 14.5 Å². The van der Waals surface area contributed by atoms with Crippen molar-refractivity contribution in [2.24, 2.45) is 0 Å². The van der Waals surface area contributed by atoms with Crippen LogP contribution in [0.25, 0.3) is 71.8 Å². The number of fused-ring (bicyclic) bond motifs is 9. The molecule has 10 rings (SSSR count). The Balaban J connectivity index is 1.20. The third kappa shape index (κ3) is 4.24. The normalized spacial score (nSPS) is 12.5. The predicted molar refractivity (Wildman–Crippen MR) is 197 cm³/mol. The summed E-state index contributed by atoms with van der Waals surface area (Å²) in [7, 11) is 0. The van der Waals surface area contributed by atoms with Crippen molar-refractivity contribution in [2.75, 3.05) is 0 Å². The summed E-state index contributed by atoms with van der Waals surface area (Å²) >= 11 is 3.74. The lowest BCUT2D eigenvalue weighted by Crippen LogP contribution is -1.99. The molecule has 1 aliphatic heterocycles. The van der Waals surface area contributed by atoms with Crippen LogP contribution in [0, 0.1) is 0 Å². The van der Waals surface area contributed by atoms with Crippen molar-refractivity contribution < 1.29 is 0 Å². The van der Waals surface area contributed by atoms with Gasteiger partial charge in [0, 0.05) is 53.0 Å². The van der Waals surface area contributed by atoms with Crippen LogP contribution >= 0.6 is 23.5 Å². The van der Waals surface area contributed by atoms with Crippen molar-refractivity contribution in [3.05, 3.63) is 152 Å². The summed E-state index contributed by atoms with van der Waals surface area (Å²) in [5.74, 6) is 0.725. The molecule has 0 radical (unpaired) electrons. The Labute approximate surface area is 279 Å². The lowest BCUT2D eigenvalue weighted by molar-refractivity contribution is 1.11. The van der Waals surface area contributed by atoms with Crippen LogP contribution in [0.5, 0.6) is 0 Å². The fourth-order valence-electron chi connectivity index (χ4n) is 6.88. The molecule has 0 unspecified atom stereocenters. The first kappa shape index (κ1) is 26.8. The second-order valence-electron chi connectivity index (χ2n) is 11.8. The Morgan fingerprint density at radius 1 is 0.426 bits per heavy atom. The molecule has 0 atom stereocenters. The Hall–Kier alpha value is -5.36. The number of hydrogen-bond acceptors (Lipinski definition) is 4. The lowest BCUT2D eigenvalue weighted by Gasteiger charge is -2.20. The van der Waals surface area contributed by atoms with Crippen molar-refractivity contribution >= 4 is 67.0 Å². The molecule has 2 aromatic heterocycles. The van der Waals surface area contributed by atoms with E-state index in [1.807, 2.05) is 35.7 Å². The zero-order valence-corrected chi connectivity index (χ0v) is 26.7. The third-order valence-corrected chi connectivity index (χ3v) is 11.6. The minimum absolute atomic E-state index is 0.725. The van der Waals surface area contributed by atoms with Crippen LogP contribution in [0.1, 0.15) is 0 Å². The summed E-state index contributed by atoms with van der Waals surface area (Å²) in [5, 5.41) is 6.07. The van der Waals surface area contributed by atoms with Gasteiger partial charge in [-0.3, -0.25) is 0 Å². The second kappa shape index (κ2) is 10.6. The maximum absolute atomic E-state index is 5.13. The van der Waals surface area contributed by atoms with E-state index in [4.69, 9.17) is 9.97 Å². The highest BCUT2D eigenvalue weighted by Gasteiger charge is 2.25. The molecule has 0 bridgehead atoms. The van der Waals surface area contributed by atoms with Gasteiger partial charge in [-0.15, -0.1) is 0 Å². The van der Waals surface area contributed by atoms with Gasteiger partial charge in [0.05, 0.1) is 27.1 Å². The Morgan fingerprint density at radius 3 is 1.96 bits per heavy atom. The molecule has 0 N–H and O–H groups in total. The second-order valence-corrected chi connectivity index (χ2v) is 13.9. The van der Waals surface area contributed by atoms with Crippen molar-refractivity contribution in [2.45, 2.75) is 19.6 Å². The van der Waals surface area contributed by atoms with Gasteiger partial charge in [0.2, 0.25) is 0 Å². The first-order valence-corrected chi connectivity index (χ1v) is 17.3. The van der Waals surface area contributed by atoms with E-state index in [0.717, 1.165) is 39.2 Å². The molecule has 220 valence electrons. The largest absolute Gasteiger partial charge is 0.307 e. The maximum atomic E-state index is 5.13. The standard InChI is InChI=1S/C42H25N3S2/c1-2-11-27(12-3-1)38-33-14-6-7-15-34(33)43-42(44-38)28-18-21-29(22-19-28)45-39-30-13-5-4-10-26(30)20-23-31(39)32-24-25-37-41(40(32)45)47-36-17-9-8-16-35(36)46-37/h1-25H. The number of benzene rings is 7. The van der Waals surface area contributed by atoms with Gasteiger partial charge in [0.25, 0.3) is 0 Å².